The van der Waals surface area contributed by atoms with Crippen LogP contribution in [0.3, 0.4) is 0 Å². The summed E-state index contributed by atoms with van der Waals surface area (Å²) in [5, 5.41) is 3.10. The number of rotatable bonds is 6. The van der Waals surface area contributed by atoms with Gasteiger partial charge in [-0.15, -0.1) is 0 Å². The summed E-state index contributed by atoms with van der Waals surface area (Å²) < 4.78 is 21.5. The van der Waals surface area contributed by atoms with Gasteiger partial charge in [0.2, 0.25) is 0 Å². The molecule has 1 fully saturated rings. The Labute approximate surface area is 158 Å². The average molecular weight is 380 g/mol. The maximum atomic E-state index is 13.5. The molecular formula is C20H33N2O3P. The lowest BCUT2D eigenvalue weighted by Gasteiger charge is -2.39. The van der Waals surface area contributed by atoms with Crippen molar-refractivity contribution < 1.29 is 13.9 Å². The Balaban J connectivity index is 1.93. The maximum Gasteiger partial charge on any atom is 0.274 e. The first kappa shape index (κ1) is 21.1. The normalized spacial score (nSPS) is 19.3. The van der Waals surface area contributed by atoms with E-state index < -0.39 is 7.52 Å². The molecule has 1 atom stereocenters. The summed E-state index contributed by atoms with van der Waals surface area (Å²) in [7, 11) is -2.86. The van der Waals surface area contributed by atoms with Crippen molar-refractivity contribution >= 4 is 13.4 Å². The molecule has 1 saturated heterocycles. The smallest absolute Gasteiger partial charge is 0.274 e. The highest BCUT2D eigenvalue weighted by Gasteiger charge is 2.38. The Morgan fingerprint density at radius 1 is 1.23 bits per heavy atom. The Morgan fingerprint density at radius 3 is 2.31 bits per heavy atom. The topological polar surface area (TPSA) is 58.6 Å². The quantitative estimate of drug-likeness (QED) is 0.736. The van der Waals surface area contributed by atoms with Gasteiger partial charge in [-0.05, 0) is 30.4 Å². The summed E-state index contributed by atoms with van der Waals surface area (Å²) in [5.74, 6) is -0.0416. The molecule has 1 N–H and O–H groups in total. The minimum atomic E-state index is -2.86. The van der Waals surface area contributed by atoms with Gasteiger partial charge in [0, 0.05) is 30.4 Å². The zero-order valence-electron chi connectivity index (χ0n) is 16.7. The Hall–Kier alpha value is -1.16. The van der Waals surface area contributed by atoms with Crippen LogP contribution in [0.4, 0.5) is 0 Å². The number of hydrogen-bond donors (Lipinski definition) is 1. The lowest BCUT2D eigenvalue weighted by Crippen LogP contribution is -2.44. The van der Waals surface area contributed by atoms with Crippen molar-refractivity contribution in [3.63, 3.8) is 0 Å². The fraction of sp³-hybridized carbons (Fsp3) is 0.650. The summed E-state index contributed by atoms with van der Waals surface area (Å²) in [6.07, 6.45) is 1.57. The van der Waals surface area contributed by atoms with Gasteiger partial charge in [-0.2, -0.15) is 0 Å². The Morgan fingerprint density at radius 2 is 1.81 bits per heavy atom. The minimum absolute atomic E-state index is 0.0213. The fourth-order valence-corrected chi connectivity index (χ4v) is 5.47. The molecule has 1 aromatic rings. The molecule has 1 aliphatic heterocycles. The van der Waals surface area contributed by atoms with E-state index in [0.29, 0.717) is 25.3 Å². The molecule has 0 aliphatic carbocycles. The summed E-state index contributed by atoms with van der Waals surface area (Å²) in [5.41, 5.74) is 0.614. The van der Waals surface area contributed by atoms with E-state index in [1.54, 1.807) is 0 Å². The summed E-state index contributed by atoms with van der Waals surface area (Å²) in [4.78, 5) is 12.3. The number of piperidine rings is 1. The molecule has 1 aromatic carbocycles. The minimum Gasteiger partial charge on any atom is -0.349 e. The first-order valence-electron chi connectivity index (χ1n) is 9.47. The molecule has 1 amide bonds. The molecule has 1 unspecified atom stereocenters. The van der Waals surface area contributed by atoms with Crippen LogP contribution < -0.4 is 5.32 Å². The van der Waals surface area contributed by atoms with Gasteiger partial charge in [-0.3, -0.25) is 9.36 Å². The molecule has 1 aliphatic rings. The van der Waals surface area contributed by atoms with Crippen molar-refractivity contribution in [3.8, 4) is 0 Å². The summed E-state index contributed by atoms with van der Waals surface area (Å²) >= 11 is 0. The van der Waals surface area contributed by atoms with Crippen molar-refractivity contribution in [2.75, 3.05) is 19.7 Å². The van der Waals surface area contributed by atoms with Crippen LogP contribution in [0.2, 0.25) is 0 Å². The van der Waals surface area contributed by atoms with Crippen LogP contribution in [0, 0.1) is 5.41 Å². The van der Waals surface area contributed by atoms with Gasteiger partial charge in [-0.25, -0.2) is 4.67 Å². The molecule has 0 aromatic heterocycles. The predicted molar refractivity (Wildman–Crippen MR) is 107 cm³/mol. The highest BCUT2D eigenvalue weighted by molar-refractivity contribution is 7.57. The zero-order valence-corrected chi connectivity index (χ0v) is 17.6. The zero-order chi connectivity index (χ0) is 19.4. The second-order valence-corrected chi connectivity index (χ2v) is 11.5. The monoisotopic (exact) mass is 380 g/mol. The van der Waals surface area contributed by atoms with Gasteiger partial charge in [0.15, 0.2) is 0 Å². The van der Waals surface area contributed by atoms with Crippen molar-refractivity contribution in [1.29, 1.82) is 0 Å². The summed E-state index contributed by atoms with van der Waals surface area (Å²) in [6, 6.07) is 9.37. The number of benzene rings is 1. The molecule has 5 nitrogen and oxygen atoms in total. The van der Waals surface area contributed by atoms with Crippen LogP contribution in [0.1, 0.15) is 57.8 Å². The molecule has 0 saturated carbocycles. The van der Waals surface area contributed by atoms with E-state index in [0.717, 1.165) is 12.8 Å². The van der Waals surface area contributed by atoms with Crippen LogP contribution in [0.15, 0.2) is 30.3 Å². The first-order chi connectivity index (χ1) is 12.1. The van der Waals surface area contributed by atoms with Crippen LogP contribution >= 0.6 is 7.52 Å². The van der Waals surface area contributed by atoms with E-state index >= 15 is 0 Å². The third-order valence-electron chi connectivity index (χ3n) is 4.57. The van der Waals surface area contributed by atoms with Crippen molar-refractivity contribution in [2.24, 2.45) is 5.41 Å². The highest BCUT2D eigenvalue weighted by atomic mass is 31.2. The lowest BCUT2D eigenvalue weighted by molar-refractivity contribution is 0.0920. The van der Waals surface area contributed by atoms with Gasteiger partial charge >= 0.3 is 0 Å². The van der Waals surface area contributed by atoms with Gasteiger partial charge in [0.25, 0.3) is 13.4 Å². The van der Waals surface area contributed by atoms with Gasteiger partial charge in [0.05, 0.1) is 6.61 Å². The van der Waals surface area contributed by atoms with E-state index in [1.807, 2.05) is 48.8 Å². The van der Waals surface area contributed by atoms with Crippen LogP contribution in [0.25, 0.3) is 0 Å². The molecule has 146 valence electrons. The van der Waals surface area contributed by atoms with Crippen molar-refractivity contribution in [3.05, 3.63) is 35.9 Å². The molecule has 2 rings (SSSR count). The molecule has 6 heteroatoms. The first-order valence-corrected chi connectivity index (χ1v) is 11.1. The lowest BCUT2D eigenvalue weighted by atomic mass is 9.99. The fourth-order valence-electron chi connectivity index (χ4n) is 2.99. The second-order valence-electron chi connectivity index (χ2n) is 8.56. The third kappa shape index (κ3) is 5.67. The van der Waals surface area contributed by atoms with Gasteiger partial charge in [-0.1, -0.05) is 52.8 Å². The van der Waals surface area contributed by atoms with Crippen LogP contribution in [0.5, 0.6) is 0 Å². The molecule has 0 spiro atoms. The maximum absolute atomic E-state index is 13.5. The number of carbonyl (C=O) groups is 1. The van der Waals surface area contributed by atoms with E-state index in [-0.39, 0.29) is 23.0 Å². The average Bonchev–Trinajstić information content (AvgIpc) is 2.60. The number of nitrogens with one attached hydrogen (secondary N) is 1. The largest absolute Gasteiger partial charge is 0.349 e. The predicted octanol–water partition coefficient (Wildman–Crippen LogP) is 4.55. The van der Waals surface area contributed by atoms with Crippen LogP contribution in [-0.2, 0) is 9.09 Å². The number of nitrogens with zero attached hydrogens (tertiary/aromatic N) is 1. The number of carbonyl (C=O) groups excluding carboxylic acids is 1. The molecule has 0 radical (unpaired) electrons. The highest BCUT2D eigenvalue weighted by Crippen LogP contribution is 2.56. The standard InChI is InChI=1S/C20H33N2O3P/c1-16(2)26(24,25-15-20(3,4)5)22-13-11-18(12-14-22)21-19(23)17-9-7-6-8-10-17/h6-10,16,18H,11-15H2,1-5H3,(H,21,23). The molecular weight excluding hydrogens is 347 g/mol. The van der Waals surface area contributed by atoms with E-state index in [9.17, 15) is 9.36 Å². The summed E-state index contributed by atoms with van der Waals surface area (Å²) in [6.45, 7) is 12.0. The molecule has 26 heavy (non-hydrogen) atoms. The number of amides is 1. The van der Waals surface area contributed by atoms with Crippen molar-refractivity contribution in [1.82, 2.24) is 9.99 Å². The molecule has 1 heterocycles. The third-order valence-corrected chi connectivity index (χ3v) is 7.56. The van der Waals surface area contributed by atoms with E-state index in [2.05, 4.69) is 26.1 Å². The van der Waals surface area contributed by atoms with Gasteiger partial charge < -0.3 is 9.84 Å². The van der Waals surface area contributed by atoms with E-state index in [1.165, 1.54) is 0 Å². The van der Waals surface area contributed by atoms with Gasteiger partial charge in [0.1, 0.15) is 0 Å². The van der Waals surface area contributed by atoms with Crippen LogP contribution in [-0.4, -0.2) is 42.0 Å². The van der Waals surface area contributed by atoms with Crippen molar-refractivity contribution in [2.45, 2.75) is 59.2 Å². The molecule has 0 bridgehead atoms. The SMILES string of the molecule is CC(C)P(=O)(OCC(C)(C)C)N1CCC(NC(=O)c2ccccc2)CC1. The number of hydrogen-bond acceptors (Lipinski definition) is 3. The van der Waals surface area contributed by atoms with E-state index in [4.69, 9.17) is 4.52 Å². The Kier molecular flexibility index (Phi) is 7.06. The Bertz CT molecular complexity index is 632. The second kappa shape index (κ2) is 8.69.